The first kappa shape index (κ1) is 18.5. The first-order chi connectivity index (χ1) is 10.9. The second-order valence-electron chi connectivity index (χ2n) is 8.29. The van der Waals surface area contributed by atoms with Gasteiger partial charge in [0.15, 0.2) is 5.78 Å². The number of allylic oxidation sites excluding steroid dienone is 5. The van der Waals surface area contributed by atoms with Gasteiger partial charge in [0.25, 0.3) is 0 Å². The van der Waals surface area contributed by atoms with Crippen LogP contribution in [0.2, 0.25) is 0 Å². The van der Waals surface area contributed by atoms with Crippen molar-refractivity contribution in [2.75, 3.05) is 0 Å². The maximum absolute atomic E-state index is 12.1. The van der Waals surface area contributed by atoms with Crippen molar-refractivity contribution in [1.82, 2.24) is 0 Å². The molecule has 3 heteroatoms. The molecule has 0 bridgehead atoms. The fraction of sp³-hybridized carbons (Fsp3) is 0.381. The Bertz CT molecular complexity index is 731. The third-order valence-corrected chi connectivity index (χ3v) is 4.28. The number of carbonyl (C=O) groups excluding carboxylic acids is 1. The highest BCUT2D eigenvalue weighted by Gasteiger charge is 2.26. The van der Waals surface area contributed by atoms with Crippen LogP contribution in [0, 0.1) is 0 Å². The number of ketones is 1. The Morgan fingerprint density at radius 3 is 1.92 bits per heavy atom. The lowest BCUT2D eigenvalue weighted by molar-refractivity contribution is -0.111. The van der Waals surface area contributed by atoms with Crippen molar-refractivity contribution in [2.24, 2.45) is 0 Å². The van der Waals surface area contributed by atoms with Gasteiger partial charge in [0.2, 0.25) is 0 Å². The Balaban J connectivity index is 2.68. The fourth-order valence-electron chi connectivity index (χ4n) is 2.70. The van der Waals surface area contributed by atoms with Gasteiger partial charge in [-0.1, -0.05) is 53.1 Å². The first-order valence-electron chi connectivity index (χ1n) is 8.09. The molecule has 24 heavy (non-hydrogen) atoms. The molecule has 0 unspecified atom stereocenters. The van der Waals surface area contributed by atoms with Crippen molar-refractivity contribution < 1.29 is 9.90 Å². The summed E-state index contributed by atoms with van der Waals surface area (Å²) in [5.41, 5.74) is 2.77. The lowest BCUT2D eigenvalue weighted by Gasteiger charge is -2.28. The average molecular weight is 345 g/mol. The van der Waals surface area contributed by atoms with Gasteiger partial charge in [-0.05, 0) is 52.8 Å². The van der Waals surface area contributed by atoms with E-state index in [1.807, 2.05) is 18.2 Å². The lowest BCUT2D eigenvalue weighted by atomic mass is 9.78. The molecule has 128 valence electrons. The van der Waals surface area contributed by atoms with E-state index in [9.17, 15) is 9.90 Å². The van der Waals surface area contributed by atoms with Gasteiger partial charge in [0.1, 0.15) is 5.75 Å². The quantitative estimate of drug-likeness (QED) is 0.670. The van der Waals surface area contributed by atoms with Crippen LogP contribution in [0.3, 0.4) is 0 Å². The first-order valence-corrected chi connectivity index (χ1v) is 8.46. The maximum Gasteiger partial charge on any atom is 0.185 e. The molecule has 0 aromatic heterocycles. The molecule has 0 saturated heterocycles. The van der Waals surface area contributed by atoms with Crippen LogP contribution >= 0.6 is 11.6 Å². The third-order valence-electron chi connectivity index (χ3n) is 4.04. The highest BCUT2D eigenvalue weighted by atomic mass is 35.5. The molecule has 1 aromatic carbocycles. The number of benzene rings is 1. The van der Waals surface area contributed by atoms with Gasteiger partial charge in [-0.3, -0.25) is 4.79 Å². The maximum atomic E-state index is 12.1. The van der Waals surface area contributed by atoms with E-state index in [-0.39, 0.29) is 16.6 Å². The molecule has 0 spiro atoms. The summed E-state index contributed by atoms with van der Waals surface area (Å²) in [4.78, 5) is 12.1. The molecular weight excluding hydrogens is 320 g/mol. The molecule has 2 rings (SSSR count). The predicted molar refractivity (Wildman–Crippen MR) is 102 cm³/mol. The van der Waals surface area contributed by atoms with Gasteiger partial charge < -0.3 is 5.11 Å². The Hall–Kier alpha value is -1.80. The molecule has 0 amide bonds. The molecule has 1 aliphatic rings. The molecule has 1 aromatic rings. The lowest BCUT2D eigenvalue weighted by Crippen LogP contribution is -2.17. The summed E-state index contributed by atoms with van der Waals surface area (Å²) in [5, 5.41) is 11.3. The number of phenolic OH excluding ortho intramolecular Hbond substituents is 1. The minimum atomic E-state index is -0.206. The predicted octanol–water partition coefficient (Wildman–Crippen LogP) is 5.63. The van der Waals surface area contributed by atoms with Crippen LogP contribution in [-0.4, -0.2) is 10.9 Å². The van der Waals surface area contributed by atoms with E-state index in [2.05, 4.69) is 41.5 Å². The molecule has 0 fully saturated rings. The molecule has 1 N–H and O–H groups in total. The van der Waals surface area contributed by atoms with Crippen LogP contribution in [0.25, 0.3) is 6.08 Å². The van der Waals surface area contributed by atoms with E-state index in [0.717, 1.165) is 16.7 Å². The number of hydrogen-bond acceptors (Lipinski definition) is 2. The molecule has 0 atom stereocenters. The summed E-state index contributed by atoms with van der Waals surface area (Å²) in [7, 11) is 0. The molecule has 0 heterocycles. The second-order valence-corrected chi connectivity index (χ2v) is 8.73. The zero-order valence-electron chi connectivity index (χ0n) is 15.2. The van der Waals surface area contributed by atoms with E-state index in [4.69, 9.17) is 11.6 Å². The number of hydrogen-bond donors (Lipinski definition) is 1. The summed E-state index contributed by atoms with van der Waals surface area (Å²) in [5.74, 6) is 0.266. The van der Waals surface area contributed by atoms with Crippen LogP contribution in [0.15, 0.2) is 41.0 Å². The van der Waals surface area contributed by atoms with Crippen molar-refractivity contribution in [3.05, 3.63) is 57.7 Å². The van der Waals surface area contributed by atoms with Gasteiger partial charge >= 0.3 is 0 Å². The highest BCUT2D eigenvalue weighted by Crippen LogP contribution is 2.40. The highest BCUT2D eigenvalue weighted by molar-refractivity contribution is 6.33. The molecule has 0 saturated carbocycles. The Morgan fingerprint density at radius 2 is 1.46 bits per heavy atom. The zero-order chi connectivity index (χ0) is 18.3. The minimum Gasteiger partial charge on any atom is -0.507 e. The van der Waals surface area contributed by atoms with Crippen LogP contribution in [0.5, 0.6) is 5.75 Å². The zero-order valence-corrected chi connectivity index (χ0v) is 16.0. The number of rotatable bonds is 1. The van der Waals surface area contributed by atoms with Crippen LogP contribution in [0.1, 0.15) is 58.2 Å². The van der Waals surface area contributed by atoms with Gasteiger partial charge in [-0.2, -0.15) is 0 Å². The summed E-state index contributed by atoms with van der Waals surface area (Å²) >= 11 is 6.02. The van der Waals surface area contributed by atoms with Crippen molar-refractivity contribution >= 4 is 23.5 Å². The SMILES string of the molecule is CC(C)(C)c1cc(C=C2C=C(Cl)C=CC2=O)cc(C(C)(C)C)c1O. The van der Waals surface area contributed by atoms with E-state index < -0.39 is 0 Å². The molecule has 2 nitrogen and oxygen atoms in total. The van der Waals surface area contributed by atoms with Crippen molar-refractivity contribution in [3.8, 4) is 5.75 Å². The Morgan fingerprint density at radius 1 is 0.958 bits per heavy atom. The molecule has 0 aliphatic heterocycles. The van der Waals surface area contributed by atoms with Crippen molar-refractivity contribution in [2.45, 2.75) is 52.4 Å². The summed E-state index contributed by atoms with van der Waals surface area (Å²) < 4.78 is 0. The monoisotopic (exact) mass is 344 g/mol. The van der Waals surface area contributed by atoms with E-state index >= 15 is 0 Å². The topological polar surface area (TPSA) is 37.3 Å². The molecule has 1 aliphatic carbocycles. The van der Waals surface area contributed by atoms with Gasteiger partial charge in [-0.25, -0.2) is 0 Å². The van der Waals surface area contributed by atoms with Crippen molar-refractivity contribution in [1.29, 1.82) is 0 Å². The fourth-order valence-corrected chi connectivity index (χ4v) is 2.88. The number of aromatic hydroxyl groups is 1. The third kappa shape index (κ3) is 3.99. The van der Waals surface area contributed by atoms with Crippen molar-refractivity contribution in [3.63, 3.8) is 0 Å². The number of halogens is 1. The summed E-state index contributed by atoms with van der Waals surface area (Å²) in [6.07, 6.45) is 6.57. The van der Waals surface area contributed by atoms with Gasteiger partial charge in [-0.15, -0.1) is 0 Å². The largest absolute Gasteiger partial charge is 0.507 e. The van der Waals surface area contributed by atoms with Gasteiger partial charge in [0.05, 0.1) is 0 Å². The van der Waals surface area contributed by atoms with E-state index in [0.29, 0.717) is 16.4 Å². The van der Waals surface area contributed by atoms with Crippen LogP contribution < -0.4 is 0 Å². The van der Waals surface area contributed by atoms with Gasteiger partial charge in [0, 0.05) is 21.7 Å². The molecular formula is C21H25ClO2. The van der Waals surface area contributed by atoms with Crippen LogP contribution in [0.4, 0.5) is 0 Å². The Kier molecular flexibility index (Phi) is 4.83. The number of carbonyl (C=O) groups is 1. The molecule has 0 radical (unpaired) electrons. The van der Waals surface area contributed by atoms with E-state index in [1.165, 1.54) is 6.08 Å². The van der Waals surface area contributed by atoms with E-state index in [1.54, 1.807) is 12.2 Å². The smallest absolute Gasteiger partial charge is 0.185 e. The summed E-state index contributed by atoms with van der Waals surface area (Å²) in [6.45, 7) is 12.4. The van der Waals surface area contributed by atoms with Crippen LogP contribution in [-0.2, 0) is 15.6 Å². The normalized spacial score (nSPS) is 17.4. The Labute approximate surface area is 149 Å². The average Bonchev–Trinajstić information content (AvgIpc) is 2.42. The standard InChI is InChI=1S/C21H25ClO2/c1-20(2,3)16-10-13(11-17(19(16)24)21(4,5)6)9-14-12-15(22)7-8-18(14)23/h7-12,24H,1-6H3. The number of phenols is 1. The summed E-state index contributed by atoms with van der Waals surface area (Å²) in [6, 6.07) is 3.90. The second kappa shape index (κ2) is 6.25. The minimum absolute atomic E-state index is 0.0675.